The summed E-state index contributed by atoms with van der Waals surface area (Å²) >= 11 is 2.37. The molecule has 0 bridgehead atoms. The molecule has 3 heterocycles. The highest BCUT2D eigenvalue weighted by molar-refractivity contribution is 8.00. The van der Waals surface area contributed by atoms with Gasteiger partial charge in [0, 0.05) is 17.7 Å². The number of thioether (sulfide) groups is 1. The Hall–Kier alpha value is -2.87. The number of rotatable bonds is 7. The highest BCUT2D eigenvalue weighted by Crippen LogP contribution is 2.41. The number of amides is 2. The molecule has 2 unspecified atom stereocenters. The van der Waals surface area contributed by atoms with Gasteiger partial charge in [-0.2, -0.15) is 0 Å². The van der Waals surface area contributed by atoms with Crippen molar-refractivity contribution in [3.05, 3.63) is 11.1 Å². The molecule has 4 N–H and O–H groups in total. The standard InChI is InChI=1S/C15H18N6O6S2/c1-26-17-4-15(13(24)25)5-21-11(23)9(12(21)29-6-15)19-10(22)8(20-27-2)7-3-28-14(16)18-7/h3-4,9,12H,5-6H2,1-2H3,(H2,16,18)(H,19,22)(H,24,25)/t9?,12-,15?/m1/s1. The molecule has 2 aliphatic heterocycles. The van der Waals surface area contributed by atoms with Crippen LogP contribution in [0.2, 0.25) is 0 Å². The number of β-lactam (4-membered cyclic amide) rings is 1. The Morgan fingerprint density at radius 3 is 2.83 bits per heavy atom. The van der Waals surface area contributed by atoms with Gasteiger partial charge in [-0.25, -0.2) is 4.98 Å². The smallest absolute Gasteiger partial charge is 0.317 e. The first-order valence-corrected chi connectivity index (χ1v) is 10.1. The lowest BCUT2D eigenvalue weighted by Crippen LogP contribution is -2.74. The molecule has 2 fully saturated rings. The van der Waals surface area contributed by atoms with Crippen molar-refractivity contribution < 1.29 is 29.2 Å². The van der Waals surface area contributed by atoms with Gasteiger partial charge in [-0.1, -0.05) is 10.3 Å². The van der Waals surface area contributed by atoms with Crippen molar-refractivity contribution >= 4 is 57.9 Å². The van der Waals surface area contributed by atoms with Gasteiger partial charge in [0.2, 0.25) is 5.91 Å². The van der Waals surface area contributed by atoms with Gasteiger partial charge in [-0.15, -0.1) is 23.1 Å². The number of aromatic nitrogens is 1. The van der Waals surface area contributed by atoms with Crippen molar-refractivity contribution in [3.8, 4) is 0 Å². The summed E-state index contributed by atoms with van der Waals surface area (Å²) < 4.78 is 0. The minimum atomic E-state index is -1.36. The van der Waals surface area contributed by atoms with E-state index in [1.54, 1.807) is 5.38 Å². The maximum Gasteiger partial charge on any atom is 0.317 e. The van der Waals surface area contributed by atoms with Gasteiger partial charge < -0.3 is 30.7 Å². The Balaban J connectivity index is 1.71. The van der Waals surface area contributed by atoms with E-state index in [2.05, 4.69) is 25.4 Å². The molecule has 0 aromatic carbocycles. The Labute approximate surface area is 173 Å². The van der Waals surface area contributed by atoms with Crippen LogP contribution in [0.15, 0.2) is 15.7 Å². The molecular weight excluding hydrogens is 424 g/mol. The summed E-state index contributed by atoms with van der Waals surface area (Å²) in [5, 5.41) is 20.9. The molecule has 0 aliphatic carbocycles. The third kappa shape index (κ3) is 3.85. The summed E-state index contributed by atoms with van der Waals surface area (Å²) in [6, 6.07) is -0.823. The number of nitrogen functional groups attached to an aromatic ring is 1. The van der Waals surface area contributed by atoms with Crippen LogP contribution in [-0.4, -0.2) is 82.6 Å². The zero-order valence-electron chi connectivity index (χ0n) is 15.4. The first-order chi connectivity index (χ1) is 13.8. The van der Waals surface area contributed by atoms with E-state index in [9.17, 15) is 19.5 Å². The van der Waals surface area contributed by atoms with Gasteiger partial charge in [-0.05, 0) is 0 Å². The zero-order valence-corrected chi connectivity index (χ0v) is 17.0. The molecule has 1 aromatic heterocycles. The molecule has 29 heavy (non-hydrogen) atoms. The molecule has 3 rings (SSSR count). The fourth-order valence-corrected chi connectivity index (χ4v) is 4.95. The van der Waals surface area contributed by atoms with Gasteiger partial charge in [0.25, 0.3) is 5.91 Å². The third-order valence-electron chi connectivity index (χ3n) is 4.39. The number of carboxylic acids is 1. The number of nitrogens with one attached hydrogen (secondary N) is 1. The average Bonchev–Trinajstić information content (AvgIpc) is 3.13. The highest BCUT2D eigenvalue weighted by atomic mass is 32.2. The van der Waals surface area contributed by atoms with Crippen molar-refractivity contribution in [2.24, 2.45) is 15.7 Å². The quantitative estimate of drug-likeness (QED) is 0.277. The average molecular weight is 442 g/mol. The molecule has 12 nitrogen and oxygen atoms in total. The Morgan fingerprint density at radius 2 is 2.24 bits per heavy atom. The van der Waals surface area contributed by atoms with Crippen molar-refractivity contribution in [3.63, 3.8) is 0 Å². The molecule has 1 aromatic rings. The Kier molecular flexibility index (Phi) is 5.93. The molecule has 0 saturated carbocycles. The number of hydrogen-bond donors (Lipinski definition) is 3. The van der Waals surface area contributed by atoms with Crippen LogP contribution < -0.4 is 11.1 Å². The summed E-state index contributed by atoms with van der Waals surface area (Å²) in [5.41, 5.74) is 4.35. The van der Waals surface area contributed by atoms with Gasteiger partial charge in [0.1, 0.15) is 36.7 Å². The Morgan fingerprint density at radius 1 is 1.48 bits per heavy atom. The first kappa shape index (κ1) is 20.9. The van der Waals surface area contributed by atoms with E-state index in [1.165, 1.54) is 37.1 Å². The summed E-state index contributed by atoms with van der Waals surface area (Å²) in [5.74, 6) is -1.99. The second-order valence-electron chi connectivity index (χ2n) is 6.19. The fourth-order valence-electron chi connectivity index (χ4n) is 2.91. The van der Waals surface area contributed by atoms with Crippen LogP contribution in [0.3, 0.4) is 0 Å². The molecule has 156 valence electrons. The molecule has 3 atom stereocenters. The topological polar surface area (TPSA) is 169 Å². The normalized spacial score (nSPS) is 26.6. The molecule has 2 saturated heterocycles. The maximum atomic E-state index is 12.6. The second-order valence-corrected chi connectivity index (χ2v) is 8.19. The van der Waals surface area contributed by atoms with Crippen LogP contribution in [0, 0.1) is 5.41 Å². The molecule has 0 radical (unpaired) electrons. The number of oxime groups is 2. The van der Waals surface area contributed by atoms with Crippen LogP contribution in [0.25, 0.3) is 0 Å². The van der Waals surface area contributed by atoms with E-state index in [4.69, 9.17) is 10.6 Å². The van der Waals surface area contributed by atoms with E-state index in [-0.39, 0.29) is 28.8 Å². The molecule has 2 aliphatic rings. The molecule has 14 heteroatoms. The molecule has 0 spiro atoms. The number of carbonyl (C=O) groups excluding carboxylic acids is 2. The number of hydrogen-bond acceptors (Lipinski definition) is 11. The third-order valence-corrected chi connectivity index (χ3v) is 6.61. The lowest BCUT2D eigenvalue weighted by molar-refractivity contribution is -0.154. The lowest BCUT2D eigenvalue weighted by Gasteiger charge is -2.52. The SMILES string of the molecule is CON=CC1(C(=O)O)CS[C@@H]2C(NC(=O)C(=NOC)c3csc(N)n3)C(=O)N2C1. The Bertz CT molecular complexity index is 888. The van der Waals surface area contributed by atoms with Crippen LogP contribution in [-0.2, 0) is 24.1 Å². The van der Waals surface area contributed by atoms with Crippen LogP contribution in [0.1, 0.15) is 5.69 Å². The summed E-state index contributed by atoms with van der Waals surface area (Å²) in [6.07, 6.45) is 1.19. The van der Waals surface area contributed by atoms with Crippen molar-refractivity contribution in [2.45, 2.75) is 11.4 Å². The van der Waals surface area contributed by atoms with Crippen molar-refractivity contribution in [1.29, 1.82) is 0 Å². The van der Waals surface area contributed by atoms with E-state index < -0.39 is 34.6 Å². The van der Waals surface area contributed by atoms with Gasteiger partial charge in [0.05, 0.1) is 6.21 Å². The van der Waals surface area contributed by atoms with Crippen molar-refractivity contribution in [1.82, 2.24) is 15.2 Å². The van der Waals surface area contributed by atoms with E-state index in [0.29, 0.717) is 0 Å². The second kappa shape index (κ2) is 8.24. The van der Waals surface area contributed by atoms with E-state index >= 15 is 0 Å². The number of anilines is 1. The largest absolute Gasteiger partial charge is 0.480 e. The molecular formula is C15H18N6O6S2. The van der Waals surface area contributed by atoms with Gasteiger partial charge >= 0.3 is 5.97 Å². The number of aliphatic carboxylic acids is 1. The van der Waals surface area contributed by atoms with Gasteiger partial charge in [-0.3, -0.25) is 14.4 Å². The summed E-state index contributed by atoms with van der Waals surface area (Å²) in [4.78, 5) is 51.6. The minimum absolute atomic E-state index is 0.0697. The monoisotopic (exact) mass is 442 g/mol. The lowest BCUT2D eigenvalue weighted by atomic mass is 9.88. The van der Waals surface area contributed by atoms with Crippen LogP contribution in [0.5, 0.6) is 0 Å². The number of nitrogens with two attached hydrogens (primary N) is 1. The number of fused-ring (bicyclic) bond motifs is 1. The maximum absolute atomic E-state index is 12.6. The number of carboxylic acid groups (broad SMARTS) is 1. The number of carbonyl (C=O) groups is 3. The summed E-state index contributed by atoms with van der Waals surface area (Å²) in [7, 11) is 2.59. The highest BCUT2D eigenvalue weighted by Gasteiger charge is 2.57. The van der Waals surface area contributed by atoms with Crippen LogP contribution in [0.4, 0.5) is 5.13 Å². The van der Waals surface area contributed by atoms with Crippen molar-refractivity contribution in [2.75, 3.05) is 32.3 Å². The first-order valence-electron chi connectivity index (χ1n) is 8.19. The van der Waals surface area contributed by atoms with Gasteiger partial charge in [0.15, 0.2) is 10.8 Å². The van der Waals surface area contributed by atoms with E-state index in [0.717, 1.165) is 11.3 Å². The minimum Gasteiger partial charge on any atom is -0.480 e. The zero-order chi connectivity index (χ0) is 21.2. The summed E-state index contributed by atoms with van der Waals surface area (Å²) in [6.45, 7) is -0.0697. The fraction of sp³-hybridized carbons (Fsp3) is 0.467. The van der Waals surface area contributed by atoms with Crippen LogP contribution >= 0.6 is 23.1 Å². The van der Waals surface area contributed by atoms with E-state index in [1.807, 2.05) is 0 Å². The number of thiazole rings is 1. The predicted octanol–water partition coefficient (Wildman–Crippen LogP) is -0.821. The predicted molar refractivity (Wildman–Crippen MR) is 106 cm³/mol. The number of nitrogens with zero attached hydrogens (tertiary/aromatic N) is 4. The molecule has 2 amide bonds.